The van der Waals surface area contributed by atoms with E-state index in [1.807, 2.05) is 71.8 Å². The number of furan rings is 1. The Balaban J connectivity index is 1.11. The summed E-state index contributed by atoms with van der Waals surface area (Å²) in [5.41, 5.74) is 4.82. The second-order valence-electron chi connectivity index (χ2n) is 10.2. The molecule has 6 rings (SSSR count). The Labute approximate surface area is 226 Å². The molecule has 0 radical (unpaired) electrons. The van der Waals surface area contributed by atoms with Crippen molar-refractivity contribution in [3.63, 3.8) is 0 Å². The summed E-state index contributed by atoms with van der Waals surface area (Å²) in [7, 11) is 0. The Hall–Kier alpha value is -4.66. The number of piperidine rings is 1. The fourth-order valence-electron chi connectivity index (χ4n) is 5.16. The third kappa shape index (κ3) is 4.83. The number of nitrogens with zero attached hydrogens (tertiary/aromatic N) is 5. The number of likely N-dealkylation sites (tertiary alicyclic amines) is 1. The molecular weight excluding hydrogens is 492 g/mol. The van der Waals surface area contributed by atoms with Gasteiger partial charge in [-0.25, -0.2) is 9.67 Å². The summed E-state index contributed by atoms with van der Waals surface area (Å²) in [5.74, 6) is 0.284. The van der Waals surface area contributed by atoms with Crippen molar-refractivity contribution < 1.29 is 14.0 Å². The molecule has 1 saturated heterocycles. The van der Waals surface area contributed by atoms with Crippen LogP contribution in [0.2, 0.25) is 0 Å². The van der Waals surface area contributed by atoms with E-state index >= 15 is 0 Å². The molecule has 4 heterocycles. The fraction of sp³-hybridized carbons (Fsp3) is 0.267. The molecule has 0 saturated carbocycles. The van der Waals surface area contributed by atoms with Gasteiger partial charge >= 0.3 is 0 Å². The number of amides is 2. The van der Waals surface area contributed by atoms with E-state index in [2.05, 4.69) is 27.5 Å². The van der Waals surface area contributed by atoms with Gasteiger partial charge in [-0.05, 0) is 62.4 Å². The molecule has 5 aromatic rings. The van der Waals surface area contributed by atoms with E-state index in [1.165, 1.54) is 5.56 Å². The molecule has 9 nitrogen and oxygen atoms in total. The highest BCUT2D eigenvalue weighted by atomic mass is 16.3. The first-order valence-electron chi connectivity index (χ1n) is 13.2. The first-order valence-corrected chi connectivity index (χ1v) is 13.2. The summed E-state index contributed by atoms with van der Waals surface area (Å²) in [5, 5.41) is 7.35. The van der Waals surface area contributed by atoms with Gasteiger partial charge < -0.3 is 19.2 Å². The topological polar surface area (TPSA) is 98.2 Å². The van der Waals surface area contributed by atoms with E-state index in [0.29, 0.717) is 30.3 Å². The molecule has 2 amide bonds. The number of aromatic nitrogens is 4. The molecule has 1 fully saturated rings. The predicted octanol–water partition coefficient (Wildman–Crippen LogP) is 5.67. The van der Waals surface area contributed by atoms with Crippen molar-refractivity contribution in [2.75, 3.05) is 18.4 Å². The zero-order chi connectivity index (χ0) is 26.9. The third-order valence-corrected chi connectivity index (χ3v) is 7.32. The van der Waals surface area contributed by atoms with Crippen molar-refractivity contribution in [2.45, 2.75) is 38.6 Å². The number of hydrogen-bond donors (Lipinski definition) is 1. The molecule has 0 atom stereocenters. The van der Waals surface area contributed by atoms with Crippen LogP contribution < -0.4 is 5.32 Å². The van der Waals surface area contributed by atoms with E-state index in [1.54, 1.807) is 23.3 Å². The van der Waals surface area contributed by atoms with Crippen LogP contribution in [-0.4, -0.2) is 49.1 Å². The lowest BCUT2D eigenvalue weighted by Crippen LogP contribution is -2.38. The Kier molecular flexibility index (Phi) is 6.48. The van der Waals surface area contributed by atoms with E-state index in [0.717, 1.165) is 29.7 Å². The largest absolute Gasteiger partial charge is 0.463 e. The number of fused-ring (bicyclic) bond motifs is 1. The molecule has 9 heteroatoms. The summed E-state index contributed by atoms with van der Waals surface area (Å²) in [6.07, 6.45) is 4.97. The van der Waals surface area contributed by atoms with Gasteiger partial charge in [0.2, 0.25) is 5.82 Å². The van der Waals surface area contributed by atoms with Crippen molar-refractivity contribution in [1.29, 1.82) is 0 Å². The summed E-state index contributed by atoms with van der Waals surface area (Å²) in [6.45, 7) is 5.34. The van der Waals surface area contributed by atoms with Gasteiger partial charge in [-0.3, -0.25) is 9.59 Å². The monoisotopic (exact) mass is 522 g/mol. The molecule has 39 heavy (non-hydrogen) atoms. The van der Waals surface area contributed by atoms with Crippen LogP contribution in [-0.2, 0) is 0 Å². The predicted molar refractivity (Wildman–Crippen MR) is 148 cm³/mol. The minimum Gasteiger partial charge on any atom is -0.463 e. The maximum absolute atomic E-state index is 13.3. The van der Waals surface area contributed by atoms with Crippen LogP contribution >= 0.6 is 0 Å². The molecule has 2 aromatic carbocycles. The highest BCUT2D eigenvalue weighted by Crippen LogP contribution is 2.30. The quantitative estimate of drug-likeness (QED) is 0.310. The van der Waals surface area contributed by atoms with Crippen LogP contribution in [0.3, 0.4) is 0 Å². The Morgan fingerprint density at radius 2 is 1.74 bits per heavy atom. The maximum Gasteiger partial charge on any atom is 0.293 e. The number of nitrogens with one attached hydrogen (secondary N) is 1. The zero-order valence-electron chi connectivity index (χ0n) is 21.9. The Morgan fingerprint density at radius 1 is 1.00 bits per heavy atom. The van der Waals surface area contributed by atoms with Crippen molar-refractivity contribution in [3.05, 3.63) is 96.4 Å². The maximum atomic E-state index is 13.3. The van der Waals surface area contributed by atoms with Crippen LogP contribution in [0.4, 0.5) is 5.69 Å². The molecule has 3 aromatic heterocycles. The van der Waals surface area contributed by atoms with Gasteiger partial charge in [-0.15, -0.1) is 5.10 Å². The summed E-state index contributed by atoms with van der Waals surface area (Å²) in [6, 6.07) is 21.6. The third-order valence-electron chi connectivity index (χ3n) is 7.32. The number of hydrogen-bond acceptors (Lipinski definition) is 5. The SMILES string of the molecule is CC(C)n1cnc(C(=O)N2CCC(c3ccc(NC(=O)c4cc5occc5n4-c4ccccc4)cc3)CC2)n1. The number of carbonyl (C=O) groups excluding carboxylic acids is 2. The normalized spacial score (nSPS) is 14.3. The number of para-hydroxylation sites is 1. The highest BCUT2D eigenvalue weighted by molar-refractivity contribution is 6.06. The van der Waals surface area contributed by atoms with Gasteiger partial charge in [0, 0.05) is 42.6 Å². The first kappa shape index (κ1) is 24.7. The lowest BCUT2D eigenvalue weighted by molar-refractivity contribution is 0.0700. The fourth-order valence-corrected chi connectivity index (χ4v) is 5.16. The van der Waals surface area contributed by atoms with Crippen molar-refractivity contribution in [3.8, 4) is 5.69 Å². The molecule has 198 valence electrons. The van der Waals surface area contributed by atoms with Gasteiger partial charge in [0.05, 0.1) is 11.8 Å². The van der Waals surface area contributed by atoms with Gasteiger partial charge in [0.1, 0.15) is 12.0 Å². The van der Waals surface area contributed by atoms with Crippen molar-refractivity contribution in [2.24, 2.45) is 0 Å². The minimum absolute atomic E-state index is 0.113. The first-order chi connectivity index (χ1) is 19.0. The van der Waals surface area contributed by atoms with Gasteiger partial charge in [-0.1, -0.05) is 30.3 Å². The lowest BCUT2D eigenvalue weighted by atomic mass is 9.89. The second kappa shape index (κ2) is 10.2. The Morgan fingerprint density at radius 3 is 2.44 bits per heavy atom. The average Bonchev–Trinajstić information content (AvgIpc) is 3.70. The molecule has 0 spiro atoms. The minimum atomic E-state index is -0.210. The van der Waals surface area contributed by atoms with Crippen LogP contribution in [0.25, 0.3) is 16.8 Å². The van der Waals surface area contributed by atoms with E-state index in [4.69, 9.17) is 4.42 Å². The van der Waals surface area contributed by atoms with Crippen LogP contribution in [0.5, 0.6) is 0 Å². The summed E-state index contributed by atoms with van der Waals surface area (Å²) >= 11 is 0. The standard InChI is InChI=1S/C30H30N6O3/c1-20(2)35-19-31-28(33-35)30(38)34-15-12-22(13-16-34)21-8-10-23(11-9-21)32-29(37)26-18-27-25(14-17-39-27)36(26)24-6-4-3-5-7-24/h3-11,14,17-20,22H,12-13,15-16H2,1-2H3,(H,32,37). The smallest absolute Gasteiger partial charge is 0.293 e. The van der Waals surface area contributed by atoms with E-state index in [9.17, 15) is 9.59 Å². The molecule has 1 N–H and O–H groups in total. The summed E-state index contributed by atoms with van der Waals surface area (Å²) < 4.78 is 9.18. The highest BCUT2D eigenvalue weighted by Gasteiger charge is 2.27. The molecule has 1 aliphatic heterocycles. The molecule has 0 aliphatic carbocycles. The summed E-state index contributed by atoms with van der Waals surface area (Å²) in [4.78, 5) is 32.2. The number of carbonyl (C=O) groups is 2. The van der Waals surface area contributed by atoms with Crippen LogP contribution in [0.1, 0.15) is 65.3 Å². The number of anilines is 1. The molecule has 1 aliphatic rings. The average molecular weight is 523 g/mol. The van der Waals surface area contributed by atoms with Gasteiger partial charge in [0.15, 0.2) is 5.58 Å². The molecule has 0 bridgehead atoms. The molecule has 0 unspecified atom stereocenters. The molecular formula is C30H30N6O3. The van der Waals surface area contributed by atoms with Crippen LogP contribution in [0, 0.1) is 0 Å². The van der Waals surface area contributed by atoms with Crippen LogP contribution in [0.15, 0.2) is 83.7 Å². The van der Waals surface area contributed by atoms with E-state index in [-0.39, 0.29) is 23.7 Å². The lowest BCUT2D eigenvalue weighted by Gasteiger charge is -2.31. The van der Waals surface area contributed by atoms with Crippen molar-refractivity contribution >= 4 is 28.6 Å². The number of rotatable bonds is 6. The van der Waals surface area contributed by atoms with Gasteiger partial charge in [-0.2, -0.15) is 0 Å². The van der Waals surface area contributed by atoms with Gasteiger partial charge in [0.25, 0.3) is 11.8 Å². The number of benzene rings is 2. The second-order valence-corrected chi connectivity index (χ2v) is 10.2. The zero-order valence-corrected chi connectivity index (χ0v) is 21.9. The van der Waals surface area contributed by atoms with Crippen molar-refractivity contribution in [1.82, 2.24) is 24.2 Å². The van der Waals surface area contributed by atoms with E-state index < -0.39 is 0 Å². The Bertz CT molecular complexity index is 1610.